The van der Waals surface area contributed by atoms with E-state index in [1.807, 2.05) is 12.3 Å². The van der Waals surface area contributed by atoms with Gasteiger partial charge in [-0.15, -0.1) is 0 Å². The molecule has 0 fully saturated rings. The van der Waals surface area contributed by atoms with Crippen LogP contribution in [0.1, 0.15) is 16.7 Å². The Morgan fingerprint density at radius 3 is 1.69 bits per heavy atom. The van der Waals surface area contributed by atoms with Gasteiger partial charge in [0.05, 0.1) is 6.20 Å². The van der Waals surface area contributed by atoms with Crippen LogP contribution in [0.3, 0.4) is 0 Å². The fourth-order valence-corrected chi connectivity index (χ4v) is 4.86. The van der Waals surface area contributed by atoms with E-state index in [2.05, 4.69) is 143 Å². The quantitative estimate of drug-likeness (QED) is 0.254. The summed E-state index contributed by atoms with van der Waals surface area (Å²) in [5, 5.41) is 4.98. The Labute approximate surface area is 215 Å². The highest BCUT2D eigenvalue weighted by Gasteiger charge is 2.39. The van der Waals surface area contributed by atoms with Crippen LogP contribution in [0.5, 0.6) is 0 Å². The van der Waals surface area contributed by atoms with Crippen molar-refractivity contribution in [1.82, 2.24) is 9.78 Å². The summed E-state index contributed by atoms with van der Waals surface area (Å²) in [6.45, 7) is 0. The molecule has 6 rings (SSSR count). The van der Waals surface area contributed by atoms with Crippen molar-refractivity contribution in [3.63, 3.8) is 0 Å². The molecule has 0 radical (unpaired) electrons. The second-order valence-electron chi connectivity index (χ2n) is 8.43. The number of hydrogen-bond donors (Lipinski definition) is 0. The molecule has 0 aliphatic rings. The first-order chi connectivity index (χ1) is 16.9. The molecule has 0 N–H and O–H groups in total. The van der Waals surface area contributed by atoms with E-state index in [0.29, 0.717) is 0 Å². The van der Waals surface area contributed by atoms with Crippen LogP contribution in [0.2, 0.25) is 0 Å². The van der Waals surface area contributed by atoms with E-state index >= 15 is 0 Å². The topological polar surface area (TPSA) is 21.9 Å². The van der Waals surface area contributed by atoms with Gasteiger partial charge >= 0.3 is 0 Å². The maximum atomic E-state index is 4.98. The molecule has 0 atom stereocenters. The van der Waals surface area contributed by atoms with Crippen LogP contribution in [-0.4, -0.2) is 9.78 Å². The highest BCUT2D eigenvalue weighted by atomic mass is 79.9. The second kappa shape index (κ2) is 9.69. The smallest absolute Gasteiger partial charge is 0.211 e. The number of aromatic nitrogens is 3. The molecule has 3 aromatic carbocycles. The van der Waals surface area contributed by atoms with Gasteiger partial charge in [0.25, 0.3) is 0 Å². The van der Waals surface area contributed by atoms with Gasteiger partial charge in [-0.2, -0.15) is 9.50 Å². The maximum Gasteiger partial charge on any atom is 0.211 e. The van der Waals surface area contributed by atoms with Crippen molar-refractivity contribution in [2.45, 2.75) is 5.54 Å². The van der Waals surface area contributed by atoms with Gasteiger partial charge in [-0.1, -0.05) is 91.0 Å². The van der Waals surface area contributed by atoms with Crippen LogP contribution >= 0.6 is 0 Å². The largest absolute Gasteiger partial charge is 1.00 e. The summed E-state index contributed by atoms with van der Waals surface area (Å²) in [7, 11) is 0. The second-order valence-corrected chi connectivity index (χ2v) is 8.43. The monoisotopic (exact) mass is 517 g/mol. The number of hydrogen-bond acceptors (Lipinski definition) is 1. The van der Waals surface area contributed by atoms with Gasteiger partial charge in [0, 0.05) is 36.0 Å². The lowest BCUT2D eigenvalue weighted by molar-refractivity contribution is -0.511. The third kappa shape index (κ3) is 3.96. The Hall–Kier alpha value is -4.02. The molecule has 0 aliphatic carbocycles. The van der Waals surface area contributed by atoms with E-state index in [9.17, 15) is 0 Å². The first-order valence-corrected chi connectivity index (χ1v) is 11.5. The third-order valence-corrected chi connectivity index (χ3v) is 6.48. The number of fused-ring (bicyclic) bond motifs is 1. The molecule has 0 unspecified atom stereocenters. The zero-order chi connectivity index (χ0) is 22.8. The third-order valence-electron chi connectivity index (χ3n) is 6.48. The molecule has 170 valence electrons. The summed E-state index contributed by atoms with van der Waals surface area (Å²) < 4.78 is 4.24. The van der Waals surface area contributed by atoms with Gasteiger partial charge in [0.2, 0.25) is 5.52 Å². The highest BCUT2D eigenvalue weighted by molar-refractivity contribution is 5.66. The summed E-state index contributed by atoms with van der Waals surface area (Å²) in [5.74, 6) is 0. The zero-order valence-electron chi connectivity index (χ0n) is 19.1. The molecule has 35 heavy (non-hydrogen) atoms. The molecule has 0 saturated carbocycles. The van der Waals surface area contributed by atoms with Gasteiger partial charge in [0.1, 0.15) is 5.54 Å². The minimum atomic E-state index is -0.604. The van der Waals surface area contributed by atoms with Crippen molar-refractivity contribution in [2.24, 2.45) is 0 Å². The predicted molar refractivity (Wildman–Crippen MR) is 135 cm³/mol. The fraction of sp³-hybridized carbons (Fsp3) is 0.0323. The summed E-state index contributed by atoms with van der Waals surface area (Å²) in [4.78, 5) is 0. The molecular weight excluding hydrogens is 494 g/mol. The molecule has 3 aromatic heterocycles. The van der Waals surface area contributed by atoms with Gasteiger partial charge < -0.3 is 17.0 Å². The zero-order valence-corrected chi connectivity index (χ0v) is 20.7. The Morgan fingerprint density at radius 1 is 0.571 bits per heavy atom. The lowest BCUT2D eigenvalue weighted by Gasteiger charge is -2.36. The molecule has 3 nitrogen and oxygen atoms in total. The molecule has 0 spiro atoms. The van der Waals surface area contributed by atoms with Gasteiger partial charge in [-0.3, -0.25) is 4.68 Å². The average molecular weight is 518 g/mol. The minimum Gasteiger partial charge on any atom is -1.00 e. The first kappa shape index (κ1) is 22.8. The van der Waals surface area contributed by atoms with E-state index in [1.165, 1.54) is 0 Å². The highest BCUT2D eigenvalue weighted by Crippen LogP contribution is 2.41. The van der Waals surface area contributed by atoms with Crippen LogP contribution in [0.4, 0.5) is 0 Å². The van der Waals surface area contributed by atoms with Crippen molar-refractivity contribution in [3.8, 4) is 11.1 Å². The molecule has 6 aromatic rings. The molecule has 0 bridgehead atoms. The molecule has 0 aliphatic heterocycles. The number of benzene rings is 3. The Kier molecular flexibility index (Phi) is 6.30. The van der Waals surface area contributed by atoms with Gasteiger partial charge in [0.15, 0.2) is 12.4 Å². The standard InChI is InChI=1S/C31H24N3.BrH/c1-4-12-27(13-5-1)31(28-14-6-2-7-15-28,29-16-8-3-9-17-29)34-24-26(23-32-34)25-19-21-33-20-11-10-18-30(33)22-25;/h1-24H;1H/q+1;/p-1. The van der Waals surface area contributed by atoms with Crippen LogP contribution < -0.4 is 21.4 Å². The molecule has 3 heterocycles. The number of nitrogens with zero attached hydrogens (tertiary/aromatic N) is 3. The summed E-state index contributed by atoms with van der Waals surface area (Å²) >= 11 is 0. The molecular formula is C31H24BrN3. The lowest BCUT2D eigenvalue weighted by Crippen LogP contribution is -3.00. The van der Waals surface area contributed by atoms with Crippen LogP contribution in [0.15, 0.2) is 146 Å². The van der Waals surface area contributed by atoms with Crippen LogP contribution in [-0.2, 0) is 5.54 Å². The van der Waals surface area contributed by atoms with E-state index in [0.717, 1.165) is 33.3 Å². The van der Waals surface area contributed by atoms with Crippen molar-refractivity contribution in [3.05, 3.63) is 163 Å². The van der Waals surface area contributed by atoms with E-state index in [1.54, 1.807) is 0 Å². The van der Waals surface area contributed by atoms with Crippen molar-refractivity contribution in [1.29, 1.82) is 0 Å². The van der Waals surface area contributed by atoms with Crippen LogP contribution in [0, 0.1) is 0 Å². The Bertz CT molecular complexity index is 1450. The first-order valence-electron chi connectivity index (χ1n) is 11.5. The van der Waals surface area contributed by atoms with Crippen molar-refractivity contribution < 1.29 is 21.4 Å². The maximum absolute atomic E-state index is 4.98. The van der Waals surface area contributed by atoms with Crippen LogP contribution in [0.25, 0.3) is 16.6 Å². The summed E-state index contributed by atoms with van der Waals surface area (Å²) in [6, 6.07) is 42.5. The Morgan fingerprint density at radius 2 is 1.11 bits per heavy atom. The van der Waals surface area contributed by atoms with Crippen molar-refractivity contribution >= 4 is 5.52 Å². The Balaban J connectivity index is 0.00000253. The summed E-state index contributed by atoms with van der Waals surface area (Å²) in [5.41, 5.74) is 6.25. The van der Waals surface area contributed by atoms with Gasteiger partial charge in [-0.05, 0) is 28.3 Å². The van der Waals surface area contributed by atoms with Crippen molar-refractivity contribution in [2.75, 3.05) is 0 Å². The van der Waals surface area contributed by atoms with E-state index in [4.69, 9.17) is 5.10 Å². The number of rotatable bonds is 5. The predicted octanol–water partition coefficient (Wildman–Crippen LogP) is 3.13. The minimum absolute atomic E-state index is 0. The van der Waals surface area contributed by atoms with Gasteiger partial charge in [-0.25, -0.2) is 0 Å². The normalized spacial score (nSPS) is 11.2. The number of pyridine rings is 2. The van der Waals surface area contributed by atoms with E-state index < -0.39 is 5.54 Å². The van der Waals surface area contributed by atoms with E-state index in [-0.39, 0.29) is 17.0 Å². The number of halogens is 1. The SMILES string of the molecule is [Br-].c1ccc(C(c2ccccc2)(c2ccccc2)n2cc(-c3cc[n+]4ccccc4c3)cn2)cc1. The summed E-state index contributed by atoms with van der Waals surface area (Å²) in [6.07, 6.45) is 8.30. The average Bonchev–Trinajstić information content (AvgIpc) is 3.41. The molecule has 0 saturated heterocycles. The fourth-order valence-electron chi connectivity index (χ4n) is 4.86. The molecule has 0 amide bonds. The molecule has 4 heteroatoms. The lowest BCUT2D eigenvalue weighted by atomic mass is 9.77.